The van der Waals surface area contributed by atoms with E-state index in [1.807, 2.05) is 13.0 Å². The Bertz CT molecular complexity index is 2830. The van der Waals surface area contributed by atoms with Crippen LogP contribution in [0, 0.1) is 11.8 Å². The maximum atomic E-state index is 14.4. The molecule has 0 aliphatic carbocycles. The average molecular weight is 1160 g/mol. The average Bonchev–Trinajstić information content (AvgIpc) is 2.83. The number of anilines is 2. The van der Waals surface area contributed by atoms with Crippen molar-refractivity contribution in [3.63, 3.8) is 0 Å². The van der Waals surface area contributed by atoms with Crippen LogP contribution in [0.1, 0.15) is 115 Å². The van der Waals surface area contributed by atoms with Crippen molar-refractivity contribution in [3.8, 4) is 5.75 Å². The van der Waals surface area contributed by atoms with Gasteiger partial charge in [-0.3, -0.25) is 43.8 Å². The topological polar surface area (TPSA) is 327 Å². The van der Waals surface area contributed by atoms with Gasteiger partial charge in [-0.1, -0.05) is 55.7 Å². The predicted octanol–water partition coefficient (Wildman–Crippen LogP) is 4.15. The number of primary amides is 1. The third kappa shape index (κ3) is 16.6. The molecule has 3 fully saturated rings. The van der Waals surface area contributed by atoms with Gasteiger partial charge in [0.25, 0.3) is 5.91 Å². The number of ether oxygens (including phenoxy) is 4. The Morgan fingerprint density at radius 1 is 0.988 bits per heavy atom. The highest BCUT2D eigenvalue weighted by Crippen LogP contribution is 2.49. The molecule has 8 N–H and O–H groups in total. The lowest BCUT2D eigenvalue weighted by Gasteiger charge is -2.39. The van der Waals surface area contributed by atoms with Crippen LogP contribution in [-0.4, -0.2) is 157 Å². The number of methoxy groups -OCH3 is 1. The molecule has 6 rings (SSSR count). The van der Waals surface area contributed by atoms with Crippen molar-refractivity contribution in [1.82, 2.24) is 31.1 Å². The molecule has 9 atom stereocenters. The highest BCUT2D eigenvalue weighted by Gasteiger charge is 2.64. The second-order valence-electron chi connectivity index (χ2n) is 21.7. The predicted molar refractivity (Wildman–Crippen MR) is 300 cm³/mol. The minimum atomic E-state index is -1.66. The summed E-state index contributed by atoms with van der Waals surface area (Å²) in [6, 6.07) is 6.12. The fraction of sp³-hybridized carbons (Fsp3) is 0.544. The Morgan fingerprint density at radius 3 is 2.38 bits per heavy atom. The van der Waals surface area contributed by atoms with E-state index < -0.39 is 108 Å². The smallest absolute Gasteiger partial charge is 0.409 e. The monoisotopic (exact) mass is 1160 g/mol. The number of nitrogens with one attached hydrogen (secondary N) is 5. The number of benzene rings is 2. The number of halogens is 1. The first-order valence-corrected chi connectivity index (χ1v) is 27.8. The maximum Gasteiger partial charge on any atom is 0.409 e. The molecular formula is C57H76ClN9O15. The summed E-state index contributed by atoms with van der Waals surface area (Å²) in [4.78, 5) is 134. The zero-order valence-corrected chi connectivity index (χ0v) is 48.4. The lowest BCUT2D eigenvalue weighted by atomic mass is 9.84. The number of hydrogen-bond donors (Lipinski definition) is 7. The third-order valence-electron chi connectivity index (χ3n) is 15.3. The molecule has 4 unspecified atom stereocenters. The molecule has 2 aromatic rings. The quantitative estimate of drug-likeness (QED) is 0.0424. The lowest BCUT2D eigenvalue weighted by Crippen LogP contribution is -2.57. The number of carbonyl (C=O) groups excluding carboxylic acids is 10. The molecule has 82 heavy (non-hydrogen) atoms. The number of nitrogens with two attached hydrogens (primary N) is 1. The number of carbonyl (C=O) groups is 10. The second-order valence-corrected chi connectivity index (χ2v) is 22.1. The SMILES string of the molecule is COc1cc2cc(c1Cl)N(C)C(=O)C[C@H](OC(=O)[C@H](C)N(C)C(=O)c1ccc(NC(=O)C(CCCNC(N)=O)NC(=O)CNC(=O)CCCCCN3C(=O)CC(C)C3=O)cc1)[C@]1(C)OC1[C@H](C)C1C[C@](O)(C/C=C/C=C(\C)C2)NC(=O)O1. The number of alkyl carbamates (subject to hydrolysis) is 1. The highest BCUT2D eigenvalue weighted by molar-refractivity contribution is 6.35. The first-order valence-electron chi connectivity index (χ1n) is 27.4. The Labute approximate surface area is 481 Å². The summed E-state index contributed by atoms with van der Waals surface area (Å²) in [6.07, 6.45) is 3.95. The summed E-state index contributed by atoms with van der Waals surface area (Å²) < 4.78 is 23.7. The van der Waals surface area contributed by atoms with Crippen molar-refractivity contribution in [1.29, 1.82) is 0 Å². The number of fused-ring (bicyclic) bond motifs is 5. The first kappa shape index (κ1) is 63.6. The van der Waals surface area contributed by atoms with Crippen LogP contribution in [0.2, 0.25) is 5.02 Å². The Balaban J connectivity index is 1.10. The Morgan fingerprint density at radius 2 is 1.71 bits per heavy atom. The molecule has 4 aliphatic heterocycles. The summed E-state index contributed by atoms with van der Waals surface area (Å²) in [5.41, 5.74) is 4.60. The van der Waals surface area contributed by atoms with Crippen molar-refractivity contribution in [2.75, 3.05) is 51.1 Å². The maximum absolute atomic E-state index is 14.4. The molecular weight excluding hydrogens is 1090 g/mol. The number of imide groups is 1. The third-order valence-corrected chi connectivity index (χ3v) is 15.7. The van der Waals surface area contributed by atoms with Crippen molar-refractivity contribution in [2.45, 2.75) is 147 Å². The van der Waals surface area contributed by atoms with E-state index in [0.29, 0.717) is 37.1 Å². The zero-order valence-electron chi connectivity index (χ0n) is 47.6. The Kier molecular flexibility index (Phi) is 21.7. The molecule has 0 spiro atoms. The number of allylic oxidation sites excluding steroid dienone is 3. The molecule has 10 amide bonds. The van der Waals surface area contributed by atoms with Gasteiger partial charge in [-0.25, -0.2) is 14.4 Å². The molecule has 446 valence electrons. The molecule has 0 saturated carbocycles. The number of unbranched alkanes of at least 4 members (excludes halogenated alkanes) is 2. The van der Waals surface area contributed by atoms with Crippen LogP contribution in [0.3, 0.4) is 0 Å². The van der Waals surface area contributed by atoms with Crippen molar-refractivity contribution in [3.05, 3.63) is 76.3 Å². The van der Waals surface area contributed by atoms with Crippen LogP contribution in [-0.2, 0) is 54.2 Å². The number of amides is 10. The van der Waals surface area contributed by atoms with Crippen molar-refractivity contribution in [2.24, 2.45) is 17.6 Å². The van der Waals surface area contributed by atoms with Gasteiger partial charge >= 0.3 is 18.1 Å². The van der Waals surface area contributed by atoms with E-state index in [1.165, 1.54) is 62.2 Å². The van der Waals surface area contributed by atoms with Gasteiger partial charge in [-0.2, -0.15) is 0 Å². The number of urea groups is 1. The number of likely N-dealkylation sites (N-methyl/N-ethyl adjacent to an activating group) is 1. The van der Waals surface area contributed by atoms with Crippen LogP contribution in [0.15, 0.2) is 60.2 Å². The summed E-state index contributed by atoms with van der Waals surface area (Å²) in [6.45, 7) is 8.46. The van der Waals surface area contributed by atoms with Gasteiger partial charge in [-0.05, 0) is 94.8 Å². The van der Waals surface area contributed by atoms with E-state index in [0.717, 1.165) is 16.0 Å². The van der Waals surface area contributed by atoms with Gasteiger partial charge < -0.3 is 60.9 Å². The van der Waals surface area contributed by atoms with Gasteiger partial charge in [0.05, 0.1) is 31.9 Å². The molecule has 3 saturated heterocycles. The molecule has 0 aromatic heterocycles. The molecule has 4 aliphatic rings. The van der Waals surface area contributed by atoms with Gasteiger partial charge in [0.2, 0.25) is 35.4 Å². The first-order chi connectivity index (χ1) is 38.7. The fourth-order valence-corrected chi connectivity index (χ4v) is 10.5. The number of likely N-dealkylation sites (tertiary alicyclic amines) is 1. The minimum Gasteiger partial charge on any atom is -0.495 e. The summed E-state index contributed by atoms with van der Waals surface area (Å²) in [5, 5.41) is 24.5. The van der Waals surface area contributed by atoms with E-state index in [9.17, 15) is 53.1 Å². The lowest BCUT2D eigenvalue weighted by molar-refractivity contribution is -0.158. The highest BCUT2D eigenvalue weighted by atomic mass is 35.5. The molecule has 4 bridgehead atoms. The van der Waals surface area contributed by atoms with Crippen LogP contribution in [0.4, 0.5) is 21.0 Å². The standard InChI is InChI=1S/C57H76ClN9O15/c1-32-15-11-12-22-57(78)30-42(80-55(77)64-57)34(3)49-56(5,82-49)43(29-46(70)66(7)40-27-36(25-32)28-41(79-8)48(40)58)81-53(75)35(4)65(6)52(74)37-18-20-38(21-19-37)62-50(72)39(16-14-23-60-54(59)76)63-45(69)31-61-44(68)17-10-9-13-24-67-47(71)26-33(2)51(67)73/h11-12,15,18-21,27-28,33-35,39,42-43,49,78H,9-10,13-14,16-17,22-26,29-31H2,1-8H3,(H,61,68)(H,62,72)(H,63,69)(H,64,77)(H3,59,60,76)/b12-11+,32-15+/t33?,34-,35+,39?,42?,43+,49?,56+,57-/m1/s1. The van der Waals surface area contributed by atoms with Gasteiger partial charge in [0.15, 0.2) is 0 Å². The number of nitrogens with zero attached hydrogens (tertiary/aromatic N) is 3. The Hall–Kier alpha value is -7.57. The molecule has 2 aromatic carbocycles. The largest absolute Gasteiger partial charge is 0.495 e. The van der Waals surface area contributed by atoms with E-state index in [1.54, 1.807) is 45.1 Å². The molecule has 25 heteroatoms. The summed E-state index contributed by atoms with van der Waals surface area (Å²) in [7, 11) is 4.39. The molecule has 0 radical (unpaired) electrons. The summed E-state index contributed by atoms with van der Waals surface area (Å²) >= 11 is 6.82. The zero-order chi connectivity index (χ0) is 60.2. The van der Waals surface area contributed by atoms with E-state index in [2.05, 4.69) is 26.6 Å². The van der Waals surface area contributed by atoms with Crippen LogP contribution < -0.4 is 42.0 Å². The van der Waals surface area contributed by atoms with Gasteiger partial charge in [0, 0.05) is 76.0 Å². The van der Waals surface area contributed by atoms with Crippen molar-refractivity contribution < 1.29 is 72.0 Å². The second kappa shape index (κ2) is 27.9. The normalized spacial score (nSPS) is 25.4. The fourth-order valence-electron chi connectivity index (χ4n) is 10.2. The van der Waals surface area contributed by atoms with E-state index >= 15 is 0 Å². The number of rotatable bonds is 20. The van der Waals surface area contributed by atoms with Crippen LogP contribution in [0.25, 0.3) is 0 Å². The molecule has 4 heterocycles. The number of aliphatic hydroxyl groups is 1. The van der Waals surface area contributed by atoms with Gasteiger partial charge in [-0.15, -0.1) is 0 Å². The van der Waals surface area contributed by atoms with Crippen molar-refractivity contribution >= 4 is 82.4 Å². The molecule has 24 nitrogen and oxygen atoms in total. The number of epoxide rings is 1. The summed E-state index contributed by atoms with van der Waals surface area (Å²) in [5.74, 6) is -4.69. The number of esters is 1. The number of hydrogen-bond acceptors (Lipinski definition) is 15. The van der Waals surface area contributed by atoms with Crippen LogP contribution >= 0.6 is 11.6 Å². The van der Waals surface area contributed by atoms with E-state index in [-0.39, 0.29) is 85.6 Å². The van der Waals surface area contributed by atoms with E-state index in [4.69, 9.17) is 36.3 Å². The minimum absolute atomic E-state index is 0.00406. The van der Waals surface area contributed by atoms with Crippen LogP contribution in [0.5, 0.6) is 5.75 Å². The van der Waals surface area contributed by atoms with Gasteiger partial charge in [0.1, 0.15) is 46.4 Å².